The third kappa shape index (κ3) is 22.5. The summed E-state index contributed by atoms with van der Waals surface area (Å²) in [6.45, 7) is -0.750. The Bertz CT molecular complexity index is 369. The monoisotopic (exact) mass is 312 g/mol. The van der Waals surface area contributed by atoms with Crippen LogP contribution in [0.25, 0.3) is 0 Å². The van der Waals surface area contributed by atoms with E-state index in [9.17, 15) is 18.0 Å². The maximum Gasteiger partial charge on any atom is 1.00 e. The van der Waals surface area contributed by atoms with Crippen LogP contribution in [0.5, 0.6) is 0 Å². The summed E-state index contributed by atoms with van der Waals surface area (Å²) in [5.41, 5.74) is 0. The van der Waals surface area contributed by atoms with Crippen LogP contribution in [-0.4, -0.2) is 58.4 Å². The Kier molecular flexibility index (Phi) is 20.6. The van der Waals surface area contributed by atoms with Gasteiger partial charge in [0, 0.05) is 6.47 Å². The number of carboxylic acid groups (broad SMARTS) is 4. The van der Waals surface area contributed by atoms with E-state index in [2.05, 4.69) is 0 Å². The first-order valence-corrected chi connectivity index (χ1v) is 5.13. The van der Waals surface area contributed by atoms with Gasteiger partial charge in [0.15, 0.2) is 5.25 Å². The van der Waals surface area contributed by atoms with Crippen molar-refractivity contribution < 1.29 is 82.1 Å². The predicted octanol–water partition coefficient (Wildman–Crippen LogP) is -6.13. The molecule has 0 aliphatic carbocycles. The minimum absolute atomic E-state index is 0. The Hall–Kier alpha value is -1.21. The molecule has 0 aliphatic heterocycles. The summed E-state index contributed by atoms with van der Waals surface area (Å²) < 4.78 is 28.7. The van der Waals surface area contributed by atoms with Crippen molar-refractivity contribution in [2.75, 3.05) is 0 Å². The first-order valence-electron chi connectivity index (χ1n) is 3.62. The molecule has 0 aromatic rings. The van der Waals surface area contributed by atoms with E-state index in [1.54, 1.807) is 0 Å². The zero-order chi connectivity index (χ0) is 15.4. The topological polar surface area (TPSA) is 206 Å². The van der Waals surface area contributed by atoms with E-state index in [0.29, 0.717) is 0 Å². The van der Waals surface area contributed by atoms with Gasteiger partial charge >= 0.3 is 41.5 Å². The molecule has 0 heterocycles. The number of carbonyl (C=O) groups is 4. The first-order chi connectivity index (χ1) is 8.08. The molecule has 0 aliphatic rings. The molecule has 4 N–H and O–H groups in total. The second kappa shape index (κ2) is 14.8. The van der Waals surface area contributed by atoms with Crippen molar-refractivity contribution >= 4 is 35.0 Å². The second-order valence-electron chi connectivity index (χ2n) is 2.14. The zero-order valence-corrected chi connectivity index (χ0v) is 12.3. The molecule has 0 amide bonds. The van der Waals surface area contributed by atoms with Gasteiger partial charge in [-0.1, -0.05) is 0 Å². The molecule has 13 heteroatoms. The van der Waals surface area contributed by atoms with Gasteiger partial charge in [-0.3, -0.25) is 18.9 Å². The molecule has 1 atom stereocenters. The second-order valence-corrected chi connectivity index (χ2v) is 3.74. The van der Waals surface area contributed by atoms with Crippen LogP contribution in [0, 0.1) is 0 Å². The molecule has 1 unspecified atom stereocenters. The molecular formula is C6H9NaO11S. The number of rotatable bonds is 4. The van der Waals surface area contributed by atoms with Gasteiger partial charge < -0.3 is 25.2 Å². The molecule has 11 nitrogen and oxygen atoms in total. The number of carbonyl (C=O) groups excluding carboxylic acids is 1. The van der Waals surface area contributed by atoms with E-state index >= 15 is 0 Å². The maximum atomic E-state index is 10.2. The normalized spacial score (nSPS) is 9.95. The van der Waals surface area contributed by atoms with E-state index < -0.39 is 40.2 Å². The van der Waals surface area contributed by atoms with E-state index in [1.807, 2.05) is 0 Å². The largest absolute Gasteiger partial charge is 1.00 e. The van der Waals surface area contributed by atoms with Gasteiger partial charge in [-0.05, 0) is 0 Å². The molecule has 0 bridgehead atoms. The molecule has 19 heavy (non-hydrogen) atoms. The molecule has 0 radical (unpaired) electrons. The number of hydrogen-bond donors (Lipinski definition) is 4. The van der Waals surface area contributed by atoms with Gasteiger partial charge in [0.05, 0.1) is 6.42 Å². The van der Waals surface area contributed by atoms with Crippen LogP contribution in [0.15, 0.2) is 0 Å². The Balaban J connectivity index is -0.000000137. The fourth-order valence-corrected chi connectivity index (χ4v) is 1.09. The molecular weight excluding hydrogens is 303 g/mol. The molecule has 0 saturated heterocycles. The summed E-state index contributed by atoms with van der Waals surface area (Å²) in [6.07, 6.45) is -1.16. The van der Waals surface area contributed by atoms with Gasteiger partial charge in [0.25, 0.3) is 16.6 Å². The van der Waals surface area contributed by atoms with Crippen molar-refractivity contribution in [2.45, 2.75) is 11.7 Å². The van der Waals surface area contributed by atoms with E-state index in [-0.39, 0.29) is 36.0 Å². The van der Waals surface area contributed by atoms with Crippen LogP contribution < -0.4 is 34.7 Å². The Morgan fingerprint density at radius 2 is 1.47 bits per heavy atom. The van der Waals surface area contributed by atoms with E-state index in [0.717, 1.165) is 0 Å². The van der Waals surface area contributed by atoms with Gasteiger partial charge in [-0.15, -0.1) is 0 Å². The molecule has 0 fully saturated rings. The van der Waals surface area contributed by atoms with Crippen molar-refractivity contribution in [1.82, 2.24) is 0 Å². The minimum Gasteiger partial charge on any atom is -0.554 e. The van der Waals surface area contributed by atoms with E-state index in [1.165, 1.54) is 0 Å². The van der Waals surface area contributed by atoms with Crippen LogP contribution in [0.1, 0.15) is 6.42 Å². The van der Waals surface area contributed by atoms with Crippen LogP contribution in [0.4, 0.5) is 0 Å². The predicted molar refractivity (Wildman–Crippen MR) is 50.0 cm³/mol. The molecule has 106 valence electrons. The Labute approximate surface area is 128 Å². The van der Waals surface area contributed by atoms with E-state index in [4.69, 9.17) is 34.6 Å². The maximum absolute atomic E-state index is 10.2. The zero-order valence-electron chi connectivity index (χ0n) is 9.49. The summed E-state index contributed by atoms with van der Waals surface area (Å²) in [5.74, 6) is -3.50. The third-order valence-electron chi connectivity index (χ3n) is 0.995. The molecule has 0 aromatic heterocycles. The minimum atomic E-state index is -4.84. The fraction of sp³-hybridized carbons (Fsp3) is 0.333. The van der Waals surface area contributed by atoms with Gasteiger partial charge in [0.2, 0.25) is 0 Å². The smallest absolute Gasteiger partial charge is 0.554 e. The van der Waals surface area contributed by atoms with Gasteiger partial charge in [-0.25, -0.2) is 0 Å². The average molecular weight is 312 g/mol. The molecule has 0 saturated carbocycles. The third-order valence-corrected chi connectivity index (χ3v) is 2.08. The van der Waals surface area contributed by atoms with Crippen molar-refractivity contribution in [2.24, 2.45) is 0 Å². The number of aliphatic carboxylic acids is 2. The summed E-state index contributed by atoms with van der Waals surface area (Å²) >= 11 is 0. The van der Waals surface area contributed by atoms with Crippen molar-refractivity contribution in [3.05, 3.63) is 0 Å². The van der Waals surface area contributed by atoms with Gasteiger partial charge in [-0.2, -0.15) is 8.42 Å². The fourth-order valence-electron chi connectivity index (χ4n) is 0.479. The quantitative estimate of drug-likeness (QED) is 0.218. The van der Waals surface area contributed by atoms with Crippen LogP contribution >= 0.6 is 0 Å². The average Bonchev–Trinajstić information content (AvgIpc) is 2.14. The Morgan fingerprint density at radius 1 is 1.21 bits per heavy atom. The first kappa shape index (κ1) is 26.4. The van der Waals surface area contributed by atoms with Crippen molar-refractivity contribution in [3.63, 3.8) is 0 Å². The van der Waals surface area contributed by atoms with Crippen molar-refractivity contribution in [1.29, 1.82) is 0 Å². The molecule has 0 aromatic carbocycles. The molecule has 0 rings (SSSR count). The summed E-state index contributed by atoms with van der Waals surface area (Å²) in [6, 6.07) is 0. The number of carboxylic acids is 2. The Morgan fingerprint density at radius 3 is 1.53 bits per heavy atom. The summed E-state index contributed by atoms with van der Waals surface area (Å²) in [4.78, 5) is 36.6. The van der Waals surface area contributed by atoms with Crippen molar-refractivity contribution in [3.8, 4) is 0 Å². The van der Waals surface area contributed by atoms with Crippen LogP contribution in [-0.2, 0) is 29.3 Å². The summed E-state index contributed by atoms with van der Waals surface area (Å²) in [5, 5.41) is 29.1. The summed E-state index contributed by atoms with van der Waals surface area (Å²) in [7, 11) is -4.84. The van der Waals surface area contributed by atoms with Crippen LogP contribution in [0.3, 0.4) is 0 Å². The number of hydrogen-bond acceptors (Lipinski definition) is 7. The molecule has 0 spiro atoms. The standard InChI is InChI=1S/C4H6O7S.2CH2O2.Na/c5-3(6)1-2(4(7)8)12(9,10)11;2*2-1-3;/h2H,1H2,(H,5,6)(H,7,8)(H,9,10,11);2*1H,(H,2,3);/q;;;+1/p-1. The van der Waals surface area contributed by atoms with Gasteiger partial charge in [0.1, 0.15) is 0 Å². The van der Waals surface area contributed by atoms with Crippen LogP contribution in [0.2, 0.25) is 0 Å². The SMILES string of the molecule is O=C(O)CC(C(=O)O)S(=O)(=O)O.O=CO.O=C[O-].[Na+].